The predicted molar refractivity (Wildman–Crippen MR) is 388 cm³/mol. The predicted octanol–water partition coefficient (Wildman–Crippen LogP) is 9.22. The minimum Gasteiger partial charge on any atom is -1.00 e. The summed E-state index contributed by atoms with van der Waals surface area (Å²) in [7, 11) is 2.96. The number of β-lactam (4-membered cyclic amide) rings is 1. The number of thioether (sulfide) groups is 1. The van der Waals surface area contributed by atoms with Crippen molar-refractivity contribution >= 4 is 62.3 Å². The van der Waals surface area contributed by atoms with Gasteiger partial charge in [-0.1, -0.05) is 187 Å². The average Bonchev–Trinajstić information content (AvgIpc) is 1.39. The number of para-hydroxylation sites is 1. The summed E-state index contributed by atoms with van der Waals surface area (Å²) in [4.78, 5) is 72.5. The highest BCUT2D eigenvalue weighted by Crippen LogP contribution is 2.43. The fourth-order valence-electron chi connectivity index (χ4n) is 12.0. The third kappa shape index (κ3) is 18.2. The maximum absolute atomic E-state index is 17.0. The zero-order valence-corrected chi connectivity index (χ0v) is 60.9. The van der Waals surface area contributed by atoms with E-state index >= 15 is 9.18 Å². The van der Waals surface area contributed by atoms with Gasteiger partial charge in [0.1, 0.15) is 35.0 Å². The maximum Gasteiger partial charge on any atom is 0.355 e. The van der Waals surface area contributed by atoms with Gasteiger partial charge in [0.05, 0.1) is 45.7 Å². The number of esters is 2. The van der Waals surface area contributed by atoms with E-state index in [0.717, 1.165) is 33.7 Å². The molecule has 0 saturated carbocycles. The molecule has 3 aliphatic heterocycles. The molecule has 536 valence electrons. The summed E-state index contributed by atoms with van der Waals surface area (Å²) in [5.74, 6) is -3.29. The molecule has 1 fully saturated rings. The van der Waals surface area contributed by atoms with Crippen molar-refractivity contribution < 1.29 is 99.6 Å². The molecule has 0 bridgehead atoms. The van der Waals surface area contributed by atoms with E-state index in [1.165, 1.54) is 36.9 Å². The number of nitrogens with zero attached hydrogens (tertiary/aromatic N) is 4. The monoisotopic (exact) mass is 1550 g/mol. The molecule has 0 radical (unpaired) electrons. The lowest BCUT2D eigenvalue weighted by Crippen LogP contribution is -3.00. The molecular formula is C80H76FIN6O14S2. The lowest BCUT2D eigenvalue weighted by Gasteiger charge is -2.49. The molecule has 24 heteroatoms. The number of allylic oxidation sites excluding steroid dienone is 2. The van der Waals surface area contributed by atoms with Crippen LogP contribution in [0.1, 0.15) is 57.6 Å². The molecule has 104 heavy (non-hydrogen) atoms. The zero-order valence-electron chi connectivity index (χ0n) is 57.1. The van der Waals surface area contributed by atoms with Crippen molar-refractivity contribution in [3.05, 3.63) is 310 Å². The number of aromatic nitrogens is 1. The molecule has 9 aromatic rings. The van der Waals surface area contributed by atoms with E-state index in [-0.39, 0.29) is 104 Å². The van der Waals surface area contributed by atoms with Gasteiger partial charge >= 0.3 is 11.9 Å². The van der Waals surface area contributed by atoms with Gasteiger partial charge in [0.2, 0.25) is 17.5 Å². The Hall–Kier alpha value is -9.90. The SMILES string of the molecule is COCCOCOc1cc(C(ON=S2C=C(CC(=O)N[C@H]3C(=O)N4C(C(=O)OCc5ccc(OC)cc5)=C(C=CC[n+]5cccc6ccccc65)CSC34)N=C2NC(c2ccccc2)(c2ccccc2)c2ccccc2)C(=O)OC(c2ccccc2)c2ccccc2)cc(F)c1OCOCCOC.[I-]. The normalized spacial score (nSPS) is 15.9. The molecule has 2 amide bonds. The zero-order chi connectivity index (χ0) is 71.3. The number of benzene rings is 8. The van der Waals surface area contributed by atoms with E-state index in [2.05, 4.69) is 15.2 Å². The van der Waals surface area contributed by atoms with Gasteiger partial charge in [-0.25, -0.2) is 23.8 Å². The number of halogens is 2. The van der Waals surface area contributed by atoms with E-state index in [1.54, 1.807) is 36.8 Å². The number of methoxy groups -OCH3 is 3. The molecule has 20 nitrogen and oxygen atoms in total. The summed E-state index contributed by atoms with van der Waals surface area (Å²) in [5, 5.41) is 9.00. The number of aliphatic imine (C=N–C) groups is 1. The first-order valence-electron chi connectivity index (χ1n) is 33.2. The highest BCUT2D eigenvalue weighted by Gasteiger charge is 2.54. The van der Waals surface area contributed by atoms with Gasteiger partial charge in [-0.2, -0.15) is 4.57 Å². The van der Waals surface area contributed by atoms with Crippen molar-refractivity contribution in [2.75, 3.05) is 67.1 Å². The highest BCUT2D eigenvalue weighted by atomic mass is 127. The topological polar surface area (TPSA) is 216 Å². The minimum absolute atomic E-state index is 0. The summed E-state index contributed by atoms with van der Waals surface area (Å²) >= 11 is 1.41. The molecule has 12 rings (SSSR count). The van der Waals surface area contributed by atoms with Gasteiger partial charge in [0, 0.05) is 59.2 Å². The molecule has 0 spiro atoms. The molecule has 1 aromatic heterocycles. The number of fused-ring (bicyclic) bond motifs is 2. The standard InChI is InChI=1S/C80H75FN6O14S2.HI/c1-92-43-45-95-53-98-68-48-60(47-66(81)74(68)99-54-96-46-44-93-2)73(78(91)100-72(57-24-9-4-10-25-57)58-26-11-5-12-27-58)101-85-103-52-64(82-79(103)84-80(61-30-13-6-14-31-61,62-32-15-7-16-33-62)63-34-17-8-18-35-63)49-69(88)83-70-75(89)87-71(77(90)97-50-55-37-39-65(94-3)40-38-55)59(51-102-76(70)87)29-22-42-86-41-21-28-56-23-19-20-36-67(56)86;/h4-41,47-48,52,70,72-73,76H,42-46,49-51,53-54H2,1-3H3,(H-,82,83,84,88);1H/t70-,73?,76?,103?;/m0./s1. The van der Waals surface area contributed by atoms with Crippen LogP contribution in [-0.2, 0) is 81.8 Å². The van der Waals surface area contributed by atoms with E-state index < -0.39 is 76.2 Å². The van der Waals surface area contributed by atoms with Crippen molar-refractivity contribution in [2.45, 2.75) is 48.7 Å². The van der Waals surface area contributed by atoms with Crippen LogP contribution in [0.15, 0.2) is 275 Å². The van der Waals surface area contributed by atoms with Gasteiger partial charge in [-0.15, -0.1) is 11.8 Å². The molecule has 4 heterocycles. The van der Waals surface area contributed by atoms with E-state index in [4.69, 9.17) is 57.0 Å². The first-order valence-corrected chi connectivity index (χ1v) is 35.5. The number of rotatable bonds is 33. The molecule has 3 aliphatic rings. The number of nitrogens with one attached hydrogen (secondary N) is 2. The minimum atomic E-state index is -1.83. The van der Waals surface area contributed by atoms with Crippen LogP contribution < -0.4 is 53.4 Å². The van der Waals surface area contributed by atoms with Crippen molar-refractivity contribution in [1.82, 2.24) is 15.5 Å². The Kier molecular flexibility index (Phi) is 26.8. The lowest BCUT2D eigenvalue weighted by atomic mass is 9.77. The fraction of sp³-hybridized carbons (Fsp3) is 0.225. The van der Waals surface area contributed by atoms with E-state index in [9.17, 15) is 14.4 Å². The molecule has 2 N–H and O–H groups in total. The van der Waals surface area contributed by atoms with Gasteiger partial charge in [0.15, 0.2) is 54.9 Å². The molecule has 0 aliphatic carbocycles. The Bertz CT molecular complexity index is 4440. The van der Waals surface area contributed by atoms with E-state index in [1.807, 2.05) is 206 Å². The molecular weight excluding hydrogens is 1480 g/mol. The first kappa shape index (κ1) is 75.3. The van der Waals surface area contributed by atoms with Gasteiger partial charge < -0.3 is 77.2 Å². The third-order valence-electron chi connectivity index (χ3n) is 17.1. The third-order valence-corrected chi connectivity index (χ3v) is 19.7. The van der Waals surface area contributed by atoms with Gasteiger partial charge in [-0.3, -0.25) is 14.5 Å². The van der Waals surface area contributed by atoms with Gasteiger partial charge in [0.25, 0.3) is 5.91 Å². The van der Waals surface area contributed by atoms with Crippen molar-refractivity contribution in [3.63, 3.8) is 0 Å². The second-order valence-electron chi connectivity index (χ2n) is 23.7. The van der Waals surface area contributed by atoms with Crippen LogP contribution in [0, 0.1) is 5.82 Å². The molecule has 4 atom stereocenters. The Labute approximate surface area is 625 Å². The summed E-state index contributed by atoms with van der Waals surface area (Å²) in [6, 6.07) is 68.1. The molecule has 1 saturated heterocycles. The van der Waals surface area contributed by atoms with Gasteiger partial charge in [-0.05, 0) is 81.4 Å². The Balaban J connectivity index is 0.0000108. The van der Waals surface area contributed by atoms with E-state index in [0.29, 0.717) is 40.3 Å². The largest absolute Gasteiger partial charge is 1.00 e. The fourth-order valence-corrected chi connectivity index (χ4v) is 14.6. The number of ether oxygens (including phenoxy) is 9. The second-order valence-corrected chi connectivity index (χ2v) is 26.2. The number of carbonyl (C=O) groups excluding carboxylic acids is 4. The number of carbonyl (C=O) groups is 4. The van der Waals surface area contributed by atoms with Crippen molar-refractivity contribution in [2.24, 2.45) is 9.52 Å². The Morgan fingerprint density at radius 1 is 0.721 bits per heavy atom. The van der Waals surface area contributed by atoms with Crippen molar-refractivity contribution in [3.8, 4) is 17.2 Å². The maximum atomic E-state index is 17.0. The summed E-state index contributed by atoms with van der Waals surface area (Å²) in [5.41, 5.74) is 4.98. The molecule has 3 unspecified atom stereocenters. The molecule has 8 aromatic carbocycles. The van der Waals surface area contributed by atoms with Crippen LogP contribution in [0.4, 0.5) is 4.39 Å². The van der Waals surface area contributed by atoms with Crippen LogP contribution in [-0.4, -0.2) is 112 Å². The Morgan fingerprint density at radius 2 is 1.31 bits per heavy atom. The highest BCUT2D eigenvalue weighted by molar-refractivity contribution is 8.05. The van der Waals surface area contributed by atoms with Crippen LogP contribution >= 0.6 is 11.8 Å². The lowest BCUT2D eigenvalue weighted by molar-refractivity contribution is -0.661. The van der Waals surface area contributed by atoms with Crippen molar-refractivity contribution in [1.29, 1.82) is 0 Å². The summed E-state index contributed by atoms with van der Waals surface area (Å²) < 4.78 is 75.0. The number of amidine groups is 1. The van der Waals surface area contributed by atoms with Crippen LogP contribution in [0.5, 0.6) is 17.2 Å². The second kappa shape index (κ2) is 37.0. The van der Waals surface area contributed by atoms with Crippen LogP contribution in [0.25, 0.3) is 10.9 Å². The number of amides is 2. The Morgan fingerprint density at radius 3 is 1.92 bits per heavy atom. The number of hydrogen-bond donors (Lipinski definition) is 2. The average molecular weight is 1560 g/mol. The summed E-state index contributed by atoms with van der Waals surface area (Å²) in [6.07, 6.45) is 2.58. The van der Waals surface area contributed by atoms with Crippen LogP contribution in [0.2, 0.25) is 0 Å². The number of pyridine rings is 1. The van der Waals surface area contributed by atoms with Crippen LogP contribution in [0.3, 0.4) is 0 Å². The number of hydrogen-bond acceptors (Lipinski definition) is 18. The first-order chi connectivity index (χ1) is 50.5. The smallest absolute Gasteiger partial charge is 0.355 e. The quantitative estimate of drug-likeness (QED) is 0.00573. The summed E-state index contributed by atoms with van der Waals surface area (Å²) in [6.45, 7) is 0.393.